The monoisotopic (exact) mass is 349 g/mol. The van der Waals surface area contributed by atoms with E-state index in [1.54, 1.807) is 12.0 Å². The Morgan fingerprint density at radius 1 is 1.40 bits per heavy atom. The summed E-state index contributed by atoms with van der Waals surface area (Å²) >= 11 is 0. The summed E-state index contributed by atoms with van der Waals surface area (Å²) < 4.78 is 10.5. The Hall–Kier alpha value is -2.12. The second-order valence-electron chi connectivity index (χ2n) is 6.24. The van der Waals surface area contributed by atoms with Crippen LogP contribution in [0.2, 0.25) is 0 Å². The Balaban J connectivity index is 2.08. The summed E-state index contributed by atoms with van der Waals surface area (Å²) in [7, 11) is 3.09. The number of nitrogens with one attached hydrogen (secondary N) is 1. The molecule has 2 rings (SSSR count). The van der Waals surface area contributed by atoms with E-state index in [1.165, 1.54) is 7.11 Å². The maximum atomic E-state index is 12.7. The van der Waals surface area contributed by atoms with Gasteiger partial charge in [-0.1, -0.05) is 6.07 Å². The summed E-state index contributed by atoms with van der Waals surface area (Å²) in [6.45, 7) is 2.79. The van der Waals surface area contributed by atoms with Gasteiger partial charge in [0.2, 0.25) is 11.8 Å². The number of amides is 2. The zero-order valence-electron chi connectivity index (χ0n) is 15.1. The van der Waals surface area contributed by atoms with E-state index in [2.05, 4.69) is 5.32 Å². The average Bonchev–Trinajstić information content (AvgIpc) is 3.09. The number of aryl methyl sites for hydroxylation is 1. The summed E-state index contributed by atoms with van der Waals surface area (Å²) in [5.74, 6) is 0.292. The van der Waals surface area contributed by atoms with Gasteiger partial charge in [0.15, 0.2) is 0 Å². The first kappa shape index (κ1) is 19.2. The van der Waals surface area contributed by atoms with Crippen LogP contribution >= 0.6 is 0 Å². The molecule has 1 aromatic rings. The molecule has 7 heteroatoms. The summed E-state index contributed by atoms with van der Waals surface area (Å²) in [5.41, 5.74) is 7.21. The molecule has 2 atom stereocenters. The van der Waals surface area contributed by atoms with E-state index in [1.807, 2.05) is 25.1 Å². The van der Waals surface area contributed by atoms with Gasteiger partial charge in [0.1, 0.15) is 11.8 Å². The summed E-state index contributed by atoms with van der Waals surface area (Å²) in [6, 6.07) is 5.10. The van der Waals surface area contributed by atoms with Crippen molar-refractivity contribution >= 4 is 17.5 Å². The molecule has 1 fully saturated rings. The highest BCUT2D eigenvalue weighted by atomic mass is 16.5. The van der Waals surface area contributed by atoms with Gasteiger partial charge in [-0.2, -0.15) is 0 Å². The lowest BCUT2D eigenvalue weighted by Crippen LogP contribution is -2.44. The SMILES string of the molecule is COc1ccc(C)cc1NC(=O)C1CCCN1C(=O)CC(CN)OC. The van der Waals surface area contributed by atoms with Gasteiger partial charge in [-0.15, -0.1) is 0 Å². The minimum absolute atomic E-state index is 0.105. The molecule has 1 aliphatic rings. The van der Waals surface area contributed by atoms with E-state index in [0.717, 1.165) is 12.0 Å². The minimum Gasteiger partial charge on any atom is -0.495 e. The third-order valence-corrected chi connectivity index (χ3v) is 4.49. The van der Waals surface area contributed by atoms with Crippen LogP contribution in [0.15, 0.2) is 18.2 Å². The van der Waals surface area contributed by atoms with Crippen LogP contribution in [-0.4, -0.2) is 56.2 Å². The molecule has 1 heterocycles. The lowest BCUT2D eigenvalue weighted by Gasteiger charge is -2.26. The Labute approximate surface area is 148 Å². The number of carbonyl (C=O) groups excluding carboxylic acids is 2. The normalized spacial score (nSPS) is 18.1. The predicted molar refractivity (Wildman–Crippen MR) is 95.6 cm³/mol. The molecule has 1 aromatic carbocycles. The van der Waals surface area contributed by atoms with E-state index in [4.69, 9.17) is 15.2 Å². The average molecular weight is 349 g/mol. The number of nitrogens with zero attached hydrogens (tertiary/aromatic N) is 1. The van der Waals surface area contributed by atoms with E-state index < -0.39 is 6.04 Å². The summed E-state index contributed by atoms with van der Waals surface area (Å²) in [4.78, 5) is 26.8. The second-order valence-corrected chi connectivity index (χ2v) is 6.24. The maximum absolute atomic E-state index is 12.7. The standard InChI is InChI=1S/C18H27N3O4/c1-12-6-7-16(25-3)14(9-12)20-18(23)15-5-4-8-21(15)17(22)10-13(11-19)24-2/h6-7,9,13,15H,4-5,8,10-11,19H2,1-3H3,(H,20,23). The van der Waals surface area contributed by atoms with Crippen LogP contribution in [0.1, 0.15) is 24.8 Å². The molecule has 0 bridgehead atoms. The second kappa shape index (κ2) is 8.82. The lowest BCUT2D eigenvalue weighted by molar-refractivity contribution is -0.138. The van der Waals surface area contributed by atoms with Crippen LogP contribution in [0.4, 0.5) is 5.69 Å². The van der Waals surface area contributed by atoms with Crippen molar-refractivity contribution in [3.8, 4) is 5.75 Å². The van der Waals surface area contributed by atoms with Gasteiger partial charge in [0.05, 0.1) is 25.3 Å². The van der Waals surface area contributed by atoms with Crippen molar-refractivity contribution in [2.24, 2.45) is 5.73 Å². The molecular formula is C18H27N3O4. The van der Waals surface area contributed by atoms with Crippen molar-refractivity contribution in [3.63, 3.8) is 0 Å². The third kappa shape index (κ3) is 4.70. The Kier molecular flexibility index (Phi) is 6.78. The Morgan fingerprint density at radius 3 is 2.80 bits per heavy atom. The van der Waals surface area contributed by atoms with Crippen LogP contribution in [-0.2, 0) is 14.3 Å². The Bertz CT molecular complexity index is 616. The highest BCUT2D eigenvalue weighted by Crippen LogP contribution is 2.27. The summed E-state index contributed by atoms with van der Waals surface area (Å²) in [5, 5.41) is 2.90. The smallest absolute Gasteiger partial charge is 0.247 e. The summed E-state index contributed by atoms with van der Waals surface area (Å²) in [6.07, 6.45) is 1.31. The number of carbonyl (C=O) groups is 2. The fourth-order valence-corrected chi connectivity index (χ4v) is 3.05. The van der Waals surface area contributed by atoms with Crippen molar-refractivity contribution in [1.29, 1.82) is 0 Å². The maximum Gasteiger partial charge on any atom is 0.247 e. The van der Waals surface area contributed by atoms with Gasteiger partial charge in [-0.3, -0.25) is 9.59 Å². The molecule has 0 radical (unpaired) electrons. The highest BCUT2D eigenvalue weighted by molar-refractivity contribution is 5.98. The first-order valence-electron chi connectivity index (χ1n) is 8.48. The van der Waals surface area contributed by atoms with Crippen molar-refractivity contribution < 1.29 is 19.1 Å². The van der Waals surface area contributed by atoms with Gasteiger partial charge in [0, 0.05) is 20.2 Å². The minimum atomic E-state index is -0.479. The molecule has 1 saturated heterocycles. The topological polar surface area (TPSA) is 93.9 Å². The number of nitrogens with two attached hydrogens (primary N) is 1. The molecule has 1 aliphatic heterocycles. The van der Waals surface area contributed by atoms with Gasteiger partial charge in [0.25, 0.3) is 0 Å². The van der Waals surface area contributed by atoms with Gasteiger partial charge >= 0.3 is 0 Å². The third-order valence-electron chi connectivity index (χ3n) is 4.49. The highest BCUT2D eigenvalue weighted by Gasteiger charge is 2.35. The van der Waals surface area contributed by atoms with Crippen LogP contribution < -0.4 is 15.8 Å². The molecule has 138 valence electrons. The number of methoxy groups -OCH3 is 2. The van der Waals surface area contributed by atoms with Crippen LogP contribution in [0, 0.1) is 6.92 Å². The van der Waals surface area contributed by atoms with Crippen molar-refractivity contribution in [1.82, 2.24) is 4.90 Å². The quantitative estimate of drug-likeness (QED) is 0.774. The largest absolute Gasteiger partial charge is 0.495 e. The molecule has 0 aliphatic carbocycles. The predicted octanol–water partition coefficient (Wildman–Crippen LogP) is 1.30. The van der Waals surface area contributed by atoms with Crippen molar-refractivity contribution in [3.05, 3.63) is 23.8 Å². The fourth-order valence-electron chi connectivity index (χ4n) is 3.05. The van der Waals surface area contributed by atoms with Gasteiger partial charge in [-0.25, -0.2) is 0 Å². The zero-order chi connectivity index (χ0) is 18.4. The zero-order valence-corrected chi connectivity index (χ0v) is 15.1. The molecule has 7 nitrogen and oxygen atoms in total. The first-order valence-corrected chi connectivity index (χ1v) is 8.48. The molecule has 0 spiro atoms. The van der Waals surface area contributed by atoms with Crippen molar-refractivity contribution in [2.45, 2.75) is 38.3 Å². The molecule has 2 unspecified atom stereocenters. The molecular weight excluding hydrogens is 322 g/mol. The molecule has 3 N–H and O–H groups in total. The fraction of sp³-hybridized carbons (Fsp3) is 0.556. The molecule has 0 saturated carbocycles. The van der Waals surface area contributed by atoms with E-state index >= 15 is 0 Å². The van der Waals surface area contributed by atoms with Gasteiger partial charge < -0.3 is 25.4 Å². The number of anilines is 1. The van der Waals surface area contributed by atoms with E-state index in [-0.39, 0.29) is 30.9 Å². The van der Waals surface area contributed by atoms with Crippen LogP contribution in [0.25, 0.3) is 0 Å². The molecule has 0 aromatic heterocycles. The number of hydrogen-bond donors (Lipinski definition) is 2. The number of benzene rings is 1. The van der Waals surface area contributed by atoms with Crippen LogP contribution in [0.3, 0.4) is 0 Å². The first-order chi connectivity index (χ1) is 12.0. The molecule has 25 heavy (non-hydrogen) atoms. The van der Waals surface area contributed by atoms with E-state index in [9.17, 15) is 9.59 Å². The number of ether oxygens (including phenoxy) is 2. The number of hydrogen-bond acceptors (Lipinski definition) is 5. The Morgan fingerprint density at radius 2 is 2.16 bits per heavy atom. The van der Waals surface area contributed by atoms with Crippen molar-refractivity contribution in [2.75, 3.05) is 32.6 Å². The van der Waals surface area contributed by atoms with Gasteiger partial charge in [-0.05, 0) is 37.5 Å². The number of likely N-dealkylation sites (tertiary alicyclic amines) is 1. The lowest BCUT2D eigenvalue weighted by atomic mass is 10.1. The van der Waals surface area contributed by atoms with Crippen LogP contribution in [0.5, 0.6) is 5.75 Å². The van der Waals surface area contributed by atoms with E-state index in [0.29, 0.717) is 24.4 Å². The number of rotatable bonds is 7. The molecule has 2 amide bonds.